The van der Waals surface area contributed by atoms with Gasteiger partial charge in [-0.2, -0.15) is 0 Å². The minimum absolute atomic E-state index is 0. The highest BCUT2D eigenvalue weighted by molar-refractivity contribution is 14.0. The summed E-state index contributed by atoms with van der Waals surface area (Å²) in [4.78, 5) is 9.45. The lowest BCUT2D eigenvalue weighted by atomic mass is 10.2. The number of benzene rings is 1. The molecule has 1 aliphatic carbocycles. The molecule has 1 aliphatic heterocycles. The topological polar surface area (TPSA) is 42.9 Å². The average Bonchev–Trinajstić information content (AvgIpc) is 3.20. The molecule has 0 amide bonds. The van der Waals surface area contributed by atoms with Crippen LogP contribution in [0.3, 0.4) is 0 Å². The van der Waals surface area contributed by atoms with E-state index in [4.69, 9.17) is 0 Å². The zero-order chi connectivity index (χ0) is 18.9. The van der Waals surface area contributed by atoms with Gasteiger partial charge >= 0.3 is 0 Å². The van der Waals surface area contributed by atoms with Gasteiger partial charge in [0.15, 0.2) is 5.96 Å². The number of hydrogen-bond donors (Lipinski definition) is 2. The number of unbranched alkanes of at least 4 members (excludes halogenated alkanes) is 1. The Morgan fingerprint density at radius 3 is 2.54 bits per heavy atom. The molecule has 0 unspecified atom stereocenters. The van der Waals surface area contributed by atoms with E-state index in [9.17, 15) is 0 Å². The number of piperazine rings is 1. The van der Waals surface area contributed by atoms with E-state index in [1.807, 2.05) is 7.05 Å². The molecule has 5 nitrogen and oxygen atoms in total. The molecule has 6 heteroatoms. The quantitative estimate of drug-likeness (QED) is 0.199. The zero-order valence-corrected chi connectivity index (χ0v) is 19.7. The molecule has 0 aromatic heterocycles. The second-order valence-corrected chi connectivity index (χ2v) is 7.66. The van der Waals surface area contributed by atoms with Crippen LogP contribution in [0.1, 0.15) is 31.2 Å². The van der Waals surface area contributed by atoms with Crippen molar-refractivity contribution in [1.29, 1.82) is 0 Å². The van der Waals surface area contributed by atoms with Gasteiger partial charge in [-0.05, 0) is 56.8 Å². The molecule has 2 aliphatic rings. The number of aliphatic imine (C=N–C) groups is 1. The van der Waals surface area contributed by atoms with Crippen LogP contribution in [0.4, 0.5) is 5.69 Å². The van der Waals surface area contributed by atoms with E-state index >= 15 is 0 Å². The minimum atomic E-state index is 0. The highest BCUT2D eigenvalue weighted by Crippen LogP contribution is 2.17. The highest BCUT2D eigenvalue weighted by atomic mass is 127. The van der Waals surface area contributed by atoms with Gasteiger partial charge in [-0.1, -0.05) is 24.3 Å². The Bertz CT molecular complexity index is 630. The number of anilines is 1. The van der Waals surface area contributed by atoms with Crippen molar-refractivity contribution in [3.05, 3.63) is 42.0 Å². The predicted molar refractivity (Wildman–Crippen MR) is 131 cm³/mol. The summed E-state index contributed by atoms with van der Waals surface area (Å²) >= 11 is 0. The van der Waals surface area contributed by atoms with Gasteiger partial charge in [-0.3, -0.25) is 9.89 Å². The summed E-state index contributed by atoms with van der Waals surface area (Å²) in [6.07, 6.45) is 9.11. The molecular formula is C22H36IN5. The fraction of sp³-hybridized carbons (Fsp3) is 0.591. The van der Waals surface area contributed by atoms with E-state index in [1.54, 1.807) is 0 Å². The Balaban J connectivity index is 0.00000280. The second-order valence-electron chi connectivity index (χ2n) is 7.66. The van der Waals surface area contributed by atoms with E-state index in [2.05, 4.69) is 68.8 Å². The van der Waals surface area contributed by atoms with Gasteiger partial charge < -0.3 is 15.5 Å². The normalized spacial score (nSPS) is 18.2. The number of guanidine groups is 1. The Morgan fingerprint density at radius 2 is 1.86 bits per heavy atom. The maximum Gasteiger partial charge on any atom is 0.191 e. The number of hydrogen-bond acceptors (Lipinski definition) is 3. The van der Waals surface area contributed by atoms with Crippen molar-refractivity contribution >= 4 is 35.6 Å². The van der Waals surface area contributed by atoms with Crippen LogP contribution in [0, 0.1) is 6.92 Å². The summed E-state index contributed by atoms with van der Waals surface area (Å²) in [5.74, 6) is 0.940. The van der Waals surface area contributed by atoms with Crippen LogP contribution >= 0.6 is 24.0 Å². The Kier molecular flexibility index (Phi) is 10.1. The lowest BCUT2D eigenvalue weighted by Gasteiger charge is -2.36. The van der Waals surface area contributed by atoms with Crippen LogP contribution in [0.25, 0.3) is 0 Å². The number of halogens is 1. The van der Waals surface area contributed by atoms with Crippen molar-refractivity contribution in [2.24, 2.45) is 4.99 Å². The lowest BCUT2D eigenvalue weighted by Crippen LogP contribution is -2.46. The molecule has 1 saturated heterocycles. The van der Waals surface area contributed by atoms with Crippen molar-refractivity contribution in [2.45, 2.75) is 38.6 Å². The highest BCUT2D eigenvalue weighted by Gasteiger charge is 2.16. The van der Waals surface area contributed by atoms with E-state index < -0.39 is 0 Å². The van der Waals surface area contributed by atoms with Crippen molar-refractivity contribution < 1.29 is 0 Å². The summed E-state index contributed by atoms with van der Waals surface area (Å²) in [6, 6.07) is 9.38. The molecule has 28 heavy (non-hydrogen) atoms. The summed E-state index contributed by atoms with van der Waals surface area (Å²) in [6.45, 7) is 8.95. The van der Waals surface area contributed by atoms with Crippen LogP contribution < -0.4 is 15.5 Å². The molecule has 0 spiro atoms. The zero-order valence-electron chi connectivity index (χ0n) is 17.4. The molecule has 1 aromatic carbocycles. The largest absolute Gasteiger partial charge is 0.369 e. The molecule has 0 saturated carbocycles. The number of rotatable bonds is 7. The van der Waals surface area contributed by atoms with Gasteiger partial charge in [0.2, 0.25) is 0 Å². The number of nitrogens with one attached hydrogen (secondary N) is 2. The molecule has 1 aromatic rings. The third kappa shape index (κ3) is 7.28. The first-order valence-electron chi connectivity index (χ1n) is 10.4. The third-order valence-electron chi connectivity index (χ3n) is 5.50. The second kappa shape index (κ2) is 12.3. The number of nitrogens with zero attached hydrogens (tertiary/aromatic N) is 3. The van der Waals surface area contributed by atoms with Crippen LogP contribution in [0.2, 0.25) is 0 Å². The van der Waals surface area contributed by atoms with Gasteiger partial charge in [0.1, 0.15) is 0 Å². The summed E-state index contributed by atoms with van der Waals surface area (Å²) in [5, 5.41) is 6.94. The molecular weight excluding hydrogens is 461 g/mol. The van der Waals surface area contributed by atoms with Crippen molar-refractivity contribution in [1.82, 2.24) is 15.5 Å². The van der Waals surface area contributed by atoms with Crippen LogP contribution in [-0.4, -0.2) is 63.2 Å². The van der Waals surface area contributed by atoms with Gasteiger partial charge in [-0.15, -0.1) is 24.0 Å². The standard InChI is InChI=1S/C22H35N5.HI/c1-19-8-7-11-21(18-19)27-16-14-26(15-17-27)13-6-5-12-24-22(23-2)25-20-9-3-4-10-20;/h3-4,7-8,11,18,20H,5-6,9-10,12-17H2,1-2H3,(H2,23,24,25);1H. The third-order valence-corrected chi connectivity index (χ3v) is 5.50. The molecule has 2 N–H and O–H groups in total. The first-order valence-corrected chi connectivity index (χ1v) is 10.4. The summed E-state index contributed by atoms with van der Waals surface area (Å²) in [7, 11) is 1.85. The van der Waals surface area contributed by atoms with Crippen LogP contribution in [0.15, 0.2) is 41.4 Å². The van der Waals surface area contributed by atoms with E-state index in [-0.39, 0.29) is 24.0 Å². The van der Waals surface area contributed by atoms with E-state index in [0.29, 0.717) is 6.04 Å². The maximum atomic E-state index is 4.33. The Morgan fingerprint density at radius 1 is 1.11 bits per heavy atom. The van der Waals surface area contributed by atoms with Crippen molar-refractivity contribution in [3.8, 4) is 0 Å². The molecule has 156 valence electrons. The first-order chi connectivity index (χ1) is 13.2. The Hall–Kier alpha value is -1.28. The number of aryl methyl sites for hydroxylation is 1. The van der Waals surface area contributed by atoms with Gasteiger partial charge in [0.05, 0.1) is 0 Å². The van der Waals surface area contributed by atoms with E-state index in [1.165, 1.54) is 43.7 Å². The van der Waals surface area contributed by atoms with Gasteiger partial charge in [-0.25, -0.2) is 0 Å². The molecule has 0 radical (unpaired) electrons. The van der Waals surface area contributed by atoms with Crippen molar-refractivity contribution in [3.63, 3.8) is 0 Å². The van der Waals surface area contributed by atoms with Crippen LogP contribution in [-0.2, 0) is 0 Å². The maximum absolute atomic E-state index is 4.33. The monoisotopic (exact) mass is 497 g/mol. The molecule has 1 heterocycles. The summed E-state index contributed by atoms with van der Waals surface area (Å²) < 4.78 is 0. The summed E-state index contributed by atoms with van der Waals surface area (Å²) in [5.41, 5.74) is 2.71. The average molecular weight is 497 g/mol. The van der Waals surface area contributed by atoms with Crippen LogP contribution in [0.5, 0.6) is 0 Å². The van der Waals surface area contributed by atoms with Gasteiger partial charge in [0.25, 0.3) is 0 Å². The molecule has 3 rings (SSSR count). The minimum Gasteiger partial charge on any atom is -0.369 e. The fourth-order valence-corrected chi connectivity index (χ4v) is 3.84. The Labute approximate surface area is 187 Å². The fourth-order valence-electron chi connectivity index (χ4n) is 3.84. The molecule has 1 fully saturated rings. The SMILES string of the molecule is CN=C(NCCCCN1CCN(c2cccc(C)c2)CC1)NC1CC=CC1.I. The van der Waals surface area contributed by atoms with Crippen molar-refractivity contribution in [2.75, 3.05) is 51.2 Å². The smallest absolute Gasteiger partial charge is 0.191 e. The lowest BCUT2D eigenvalue weighted by molar-refractivity contribution is 0.253. The van der Waals surface area contributed by atoms with Gasteiger partial charge in [0, 0.05) is 51.5 Å². The molecule has 0 atom stereocenters. The first kappa shape index (κ1) is 23.0. The van der Waals surface area contributed by atoms with E-state index in [0.717, 1.165) is 38.4 Å². The molecule has 0 bridgehead atoms. The predicted octanol–water partition coefficient (Wildman–Crippen LogP) is 3.40.